The molecule has 0 saturated carbocycles. The molecular weight excluding hydrogens is 310 g/mol. The van der Waals surface area contributed by atoms with Gasteiger partial charge < -0.3 is 9.72 Å². The number of rotatable bonds is 4. The summed E-state index contributed by atoms with van der Waals surface area (Å²) in [5.41, 5.74) is 5.09. The molecule has 1 aliphatic heterocycles. The van der Waals surface area contributed by atoms with E-state index in [0.29, 0.717) is 6.04 Å². The van der Waals surface area contributed by atoms with Gasteiger partial charge in [-0.3, -0.25) is 9.88 Å². The van der Waals surface area contributed by atoms with Crippen molar-refractivity contribution in [1.29, 1.82) is 0 Å². The molecule has 0 spiro atoms. The SMILES string of the molecule is COc1cc(C)c2[nH]ccc2c1CN1CCCC[C@H]1c1ccncc1. The van der Waals surface area contributed by atoms with Crippen molar-refractivity contribution >= 4 is 10.9 Å². The van der Waals surface area contributed by atoms with Gasteiger partial charge in [0.1, 0.15) is 5.75 Å². The molecule has 4 rings (SSSR count). The van der Waals surface area contributed by atoms with Gasteiger partial charge in [-0.2, -0.15) is 0 Å². The summed E-state index contributed by atoms with van der Waals surface area (Å²) in [7, 11) is 1.77. The number of nitrogens with zero attached hydrogens (tertiary/aromatic N) is 2. The fourth-order valence-corrected chi connectivity index (χ4v) is 4.13. The molecule has 0 amide bonds. The molecule has 3 heterocycles. The van der Waals surface area contributed by atoms with Crippen molar-refractivity contribution in [2.75, 3.05) is 13.7 Å². The zero-order chi connectivity index (χ0) is 17.2. The van der Waals surface area contributed by atoms with Crippen molar-refractivity contribution in [3.63, 3.8) is 0 Å². The Labute approximate surface area is 148 Å². The third-order valence-electron chi connectivity index (χ3n) is 5.40. The van der Waals surface area contributed by atoms with Crippen LogP contribution in [0.4, 0.5) is 0 Å². The van der Waals surface area contributed by atoms with Gasteiger partial charge in [-0.25, -0.2) is 0 Å². The second-order valence-electron chi connectivity index (χ2n) is 6.90. The lowest BCUT2D eigenvalue weighted by atomic mass is 9.94. The highest BCUT2D eigenvalue weighted by atomic mass is 16.5. The van der Waals surface area contributed by atoms with Gasteiger partial charge in [-0.1, -0.05) is 6.42 Å². The molecule has 3 aromatic rings. The minimum atomic E-state index is 0.455. The van der Waals surface area contributed by atoms with Crippen LogP contribution in [-0.4, -0.2) is 28.5 Å². The molecule has 4 heteroatoms. The Balaban J connectivity index is 1.72. The van der Waals surface area contributed by atoms with Gasteiger partial charge in [0.25, 0.3) is 0 Å². The average molecular weight is 335 g/mol. The van der Waals surface area contributed by atoms with E-state index in [0.717, 1.165) is 18.8 Å². The van der Waals surface area contributed by atoms with E-state index in [-0.39, 0.29) is 0 Å². The topological polar surface area (TPSA) is 41.1 Å². The largest absolute Gasteiger partial charge is 0.496 e. The first kappa shape index (κ1) is 16.2. The van der Waals surface area contributed by atoms with Gasteiger partial charge in [-0.05, 0) is 61.7 Å². The van der Waals surface area contributed by atoms with Crippen LogP contribution in [0.2, 0.25) is 0 Å². The predicted molar refractivity (Wildman–Crippen MR) is 101 cm³/mol. The number of H-pyrrole nitrogens is 1. The zero-order valence-corrected chi connectivity index (χ0v) is 15.0. The third-order valence-corrected chi connectivity index (χ3v) is 5.40. The fraction of sp³-hybridized carbons (Fsp3) is 0.381. The summed E-state index contributed by atoms with van der Waals surface area (Å²) in [6, 6.07) is 9.09. The first-order valence-corrected chi connectivity index (χ1v) is 9.05. The molecule has 1 fully saturated rings. The summed E-state index contributed by atoms with van der Waals surface area (Å²) in [4.78, 5) is 10.2. The Morgan fingerprint density at radius 1 is 1.24 bits per heavy atom. The highest BCUT2D eigenvalue weighted by Crippen LogP contribution is 2.36. The van der Waals surface area contributed by atoms with Crippen molar-refractivity contribution in [2.45, 2.75) is 38.8 Å². The van der Waals surface area contributed by atoms with E-state index in [9.17, 15) is 0 Å². The smallest absolute Gasteiger partial charge is 0.124 e. The number of benzene rings is 1. The Bertz CT molecular complexity index is 856. The van der Waals surface area contributed by atoms with E-state index < -0.39 is 0 Å². The molecule has 1 aromatic carbocycles. The standard InChI is InChI=1S/C21H25N3O/c1-15-13-20(25-2)18(17-8-11-23-21(15)17)14-24-12-4-3-5-19(24)16-6-9-22-10-7-16/h6-11,13,19,23H,3-5,12,14H2,1-2H3/t19-/m0/s1. The monoisotopic (exact) mass is 335 g/mol. The number of pyridine rings is 1. The second kappa shape index (κ2) is 6.89. The first-order chi connectivity index (χ1) is 12.3. The number of ether oxygens (including phenoxy) is 1. The van der Waals surface area contributed by atoms with Crippen LogP contribution in [0, 0.1) is 6.92 Å². The number of hydrogen-bond donors (Lipinski definition) is 1. The number of methoxy groups -OCH3 is 1. The summed E-state index contributed by atoms with van der Waals surface area (Å²) < 4.78 is 5.74. The number of nitrogens with one attached hydrogen (secondary N) is 1. The lowest BCUT2D eigenvalue weighted by molar-refractivity contribution is 0.139. The summed E-state index contributed by atoms with van der Waals surface area (Å²) in [5, 5.41) is 1.27. The molecular formula is C21H25N3O. The summed E-state index contributed by atoms with van der Waals surface area (Å²) >= 11 is 0. The Morgan fingerprint density at radius 2 is 2.08 bits per heavy atom. The highest BCUT2D eigenvalue weighted by molar-refractivity contribution is 5.88. The zero-order valence-electron chi connectivity index (χ0n) is 15.0. The second-order valence-corrected chi connectivity index (χ2v) is 6.90. The maximum atomic E-state index is 5.74. The Hall–Kier alpha value is -2.33. The molecule has 1 N–H and O–H groups in total. The molecule has 2 aromatic heterocycles. The number of aryl methyl sites for hydroxylation is 1. The van der Waals surface area contributed by atoms with E-state index in [1.165, 1.54) is 46.9 Å². The van der Waals surface area contributed by atoms with Crippen LogP contribution >= 0.6 is 0 Å². The molecule has 0 bridgehead atoms. The lowest BCUT2D eigenvalue weighted by Gasteiger charge is -2.36. The van der Waals surface area contributed by atoms with E-state index in [4.69, 9.17) is 4.74 Å². The quantitative estimate of drug-likeness (QED) is 0.757. The molecule has 130 valence electrons. The molecule has 0 radical (unpaired) electrons. The van der Waals surface area contributed by atoms with Crippen molar-refractivity contribution in [1.82, 2.24) is 14.9 Å². The van der Waals surface area contributed by atoms with Crippen molar-refractivity contribution in [3.05, 3.63) is 59.5 Å². The number of aromatic nitrogens is 2. The number of hydrogen-bond acceptors (Lipinski definition) is 3. The molecule has 1 atom stereocenters. The Kier molecular flexibility index (Phi) is 4.45. The van der Waals surface area contributed by atoms with Gasteiger partial charge in [0.15, 0.2) is 0 Å². The summed E-state index contributed by atoms with van der Waals surface area (Å²) in [6.07, 6.45) is 9.57. The molecule has 1 saturated heterocycles. The maximum absolute atomic E-state index is 5.74. The van der Waals surface area contributed by atoms with Crippen LogP contribution in [0.15, 0.2) is 42.9 Å². The van der Waals surface area contributed by atoms with E-state index in [2.05, 4.69) is 46.1 Å². The van der Waals surface area contributed by atoms with Gasteiger partial charge in [0.05, 0.1) is 7.11 Å². The molecule has 0 unspecified atom stereocenters. The average Bonchev–Trinajstić information content (AvgIpc) is 3.15. The van der Waals surface area contributed by atoms with Gasteiger partial charge in [-0.15, -0.1) is 0 Å². The van der Waals surface area contributed by atoms with E-state index >= 15 is 0 Å². The normalized spacial score (nSPS) is 18.6. The third kappa shape index (κ3) is 3.02. The number of likely N-dealkylation sites (tertiary alicyclic amines) is 1. The summed E-state index contributed by atoms with van der Waals surface area (Å²) in [5.74, 6) is 0.989. The lowest BCUT2D eigenvalue weighted by Crippen LogP contribution is -2.33. The van der Waals surface area contributed by atoms with Gasteiger partial charge >= 0.3 is 0 Å². The van der Waals surface area contributed by atoms with Crippen LogP contribution < -0.4 is 4.74 Å². The van der Waals surface area contributed by atoms with Crippen LogP contribution in [0.5, 0.6) is 5.75 Å². The van der Waals surface area contributed by atoms with E-state index in [1.54, 1.807) is 7.11 Å². The van der Waals surface area contributed by atoms with Crippen LogP contribution in [0.25, 0.3) is 10.9 Å². The molecule has 1 aliphatic rings. The predicted octanol–water partition coefficient (Wildman–Crippen LogP) is 4.61. The molecule has 4 nitrogen and oxygen atoms in total. The number of aromatic amines is 1. The van der Waals surface area contributed by atoms with Crippen molar-refractivity contribution in [2.24, 2.45) is 0 Å². The first-order valence-electron chi connectivity index (χ1n) is 9.05. The fourth-order valence-electron chi connectivity index (χ4n) is 4.13. The van der Waals surface area contributed by atoms with Crippen LogP contribution in [-0.2, 0) is 6.54 Å². The Morgan fingerprint density at radius 3 is 2.88 bits per heavy atom. The highest BCUT2D eigenvalue weighted by Gasteiger charge is 2.26. The molecule has 0 aliphatic carbocycles. The van der Waals surface area contributed by atoms with Crippen molar-refractivity contribution in [3.8, 4) is 5.75 Å². The minimum Gasteiger partial charge on any atom is -0.496 e. The van der Waals surface area contributed by atoms with Crippen LogP contribution in [0.1, 0.15) is 42.0 Å². The van der Waals surface area contributed by atoms with E-state index in [1.807, 2.05) is 18.6 Å². The summed E-state index contributed by atoms with van der Waals surface area (Å²) in [6.45, 7) is 4.16. The van der Waals surface area contributed by atoms with Gasteiger partial charge in [0, 0.05) is 47.6 Å². The molecule has 25 heavy (non-hydrogen) atoms. The number of piperidine rings is 1. The minimum absolute atomic E-state index is 0.455. The van der Waals surface area contributed by atoms with Gasteiger partial charge in [0.2, 0.25) is 0 Å². The maximum Gasteiger partial charge on any atom is 0.124 e. The van der Waals surface area contributed by atoms with Crippen molar-refractivity contribution < 1.29 is 4.74 Å². The number of fused-ring (bicyclic) bond motifs is 1. The van der Waals surface area contributed by atoms with Crippen LogP contribution in [0.3, 0.4) is 0 Å².